The first-order valence-electron chi connectivity index (χ1n) is 10.6. The smallest absolute Gasteiger partial charge is 0.317 e. The van der Waals surface area contributed by atoms with Crippen molar-refractivity contribution in [3.8, 4) is 0 Å². The molecule has 156 valence electrons. The van der Waals surface area contributed by atoms with Gasteiger partial charge in [0, 0.05) is 51.7 Å². The highest BCUT2D eigenvalue weighted by Gasteiger charge is 2.26. The number of nitrogens with zero attached hydrogens (tertiary/aromatic N) is 4. The second kappa shape index (κ2) is 8.40. The van der Waals surface area contributed by atoms with Crippen LogP contribution in [0.15, 0.2) is 53.3 Å². The minimum absolute atomic E-state index is 0.0597. The molecule has 30 heavy (non-hydrogen) atoms. The molecule has 1 N–H and O–H groups in total. The number of aromatic nitrogens is 2. The number of benzene rings is 2. The molecule has 0 aliphatic carbocycles. The summed E-state index contributed by atoms with van der Waals surface area (Å²) in [4.78, 5) is 21.6. The molecule has 1 fully saturated rings. The largest absolute Gasteiger partial charge is 0.333 e. The molecule has 1 atom stereocenters. The Kier molecular flexibility index (Phi) is 5.48. The minimum atomic E-state index is 0.0597. The lowest BCUT2D eigenvalue weighted by Crippen LogP contribution is -2.54. The molecule has 1 aromatic heterocycles. The van der Waals surface area contributed by atoms with Gasteiger partial charge in [-0.2, -0.15) is 0 Å². The molecule has 1 unspecified atom stereocenters. The van der Waals surface area contributed by atoms with Crippen molar-refractivity contribution in [3.05, 3.63) is 64.7 Å². The van der Waals surface area contributed by atoms with Crippen LogP contribution in [0.3, 0.4) is 0 Å². The third kappa shape index (κ3) is 3.96. The molecule has 2 aromatic carbocycles. The van der Waals surface area contributed by atoms with E-state index in [-0.39, 0.29) is 12.1 Å². The summed E-state index contributed by atoms with van der Waals surface area (Å²) >= 11 is 3.54. The van der Waals surface area contributed by atoms with Crippen molar-refractivity contribution in [2.24, 2.45) is 0 Å². The molecular weight excluding hydrogens is 442 g/mol. The van der Waals surface area contributed by atoms with Gasteiger partial charge in [0.2, 0.25) is 0 Å². The molecule has 2 aliphatic rings. The molecule has 2 aliphatic heterocycles. The number of fused-ring (bicyclic) bond motifs is 2. The molecule has 7 heteroatoms. The number of nitrogens with one attached hydrogen (secondary N) is 1. The molecule has 3 heterocycles. The van der Waals surface area contributed by atoms with Crippen LogP contribution < -0.4 is 5.32 Å². The minimum Gasteiger partial charge on any atom is -0.333 e. The summed E-state index contributed by atoms with van der Waals surface area (Å²) in [7, 11) is 0. The van der Waals surface area contributed by atoms with E-state index in [1.165, 1.54) is 16.3 Å². The van der Waals surface area contributed by atoms with Crippen LogP contribution in [-0.4, -0.2) is 57.6 Å². The monoisotopic (exact) mass is 467 g/mol. The lowest BCUT2D eigenvalue weighted by molar-refractivity contribution is 0.132. The summed E-state index contributed by atoms with van der Waals surface area (Å²) in [6.07, 6.45) is 3.68. The first-order chi connectivity index (χ1) is 14.7. The highest BCUT2D eigenvalue weighted by molar-refractivity contribution is 9.10. The van der Waals surface area contributed by atoms with Gasteiger partial charge in [0.15, 0.2) is 0 Å². The van der Waals surface area contributed by atoms with Crippen molar-refractivity contribution >= 4 is 32.7 Å². The average Bonchev–Trinajstić information content (AvgIpc) is 3.15. The van der Waals surface area contributed by atoms with Crippen molar-refractivity contribution in [1.82, 2.24) is 24.7 Å². The predicted octanol–water partition coefficient (Wildman–Crippen LogP) is 3.64. The number of hydrogen-bond donors (Lipinski definition) is 1. The number of carbonyl (C=O) groups is 1. The number of rotatable bonds is 3. The number of aryl methyl sites for hydroxylation is 1. The van der Waals surface area contributed by atoms with E-state index >= 15 is 0 Å². The molecule has 3 aromatic rings. The van der Waals surface area contributed by atoms with Crippen LogP contribution in [0.4, 0.5) is 4.79 Å². The Morgan fingerprint density at radius 2 is 1.90 bits per heavy atom. The first-order valence-corrected chi connectivity index (χ1v) is 11.4. The highest BCUT2D eigenvalue weighted by Crippen LogP contribution is 2.22. The Hall–Kier alpha value is -2.38. The van der Waals surface area contributed by atoms with Crippen LogP contribution in [0.5, 0.6) is 0 Å². The zero-order valence-electron chi connectivity index (χ0n) is 16.9. The maximum Gasteiger partial charge on any atom is 0.317 e. The van der Waals surface area contributed by atoms with Gasteiger partial charge in [0.05, 0.1) is 6.20 Å². The number of halogens is 1. The SMILES string of the molecule is O=C(NC1CCc2ncc(Br)n2C1)N1CCN(Cc2cccc3ccccc23)CC1. The fourth-order valence-electron chi connectivity index (χ4n) is 4.56. The van der Waals surface area contributed by atoms with E-state index in [2.05, 4.69) is 78.2 Å². The van der Waals surface area contributed by atoms with Crippen LogP contribution in [0, 0.1) is 0 Å². The number of carbonyl (C=O) groups excluding carboxylic acids is 1. The molecule has 2 amide bonds. The standard InChI is InChI=1S/C23H26BrN5O/c24-21-14-25-22-9-8-19(16-29(21)22)26-23(30)28-12-10-27(11-13-28)15-18-6-3-5-17-4-1-2-7-20(17)18/h1-7,14,19H,8-13,15-16H2,(H,26,30). The Bertz CT molecular complexity index is 1050. The van der Waals surface area contributed by atoms with Crippen molar-refractivity contribution in [2.75, 3.05) is 26.2 Å². The van der Waals surface area contributed by atoms with Crippen molar-refractivity contribution < 1.29 is 4.79 Å². The van der Waals surface area contributed by atoms with E-state index in [1.54, 1.807) is 0 Å². The van der Waals surface area contributed by atoms with E-state index in [9.17, 15) is 4.79 Å². The van der Waals surface area contributed by atoms with Crippen LogP contribution >= 0.6 is 15.9 Å². The normalized spacial score (nSPS) is 19.6. The van der Waals surface area contributed by atoms with Gasteiger partial charge in [-0.1, -0.05) is 42.5 Å². The van der Waals surface area contributed by atoms with Gasteiger partial charge in [-0.05, 0) is 38.7 Å². The molecule has 0 saturated carbocycles. The Morgan fingerprint density at radius 1 is 1.10 bits per heavy atom. The van der Waals surface area contributed by atoms with Gasteiger partial charge >= 0.3 is 6.03 Å². The fourth-order valence-corrected chi connectivity index (χ4v) is 5.01. The quantitative estimate of drug-likeness (QED) is 0.639. The zero-order valence-corrected chi connectivity index (χ0v) is 18.5. The number of urea groups is 1. The third-order valence-corrected chi connectivity index (χ3v) is 6.90. The van der Waals surface area contributed by atoms with Gasteiger partial charge in [-0.15, -0.1) is 0 Å². The Labute approximate surface area is 185 Å². The zero-order chi connectivity index (χ0) is 20.5. The van der Waals surface area contributed by atoms with Gasteiger partial charge in [-0.3, -0.25) is 4.90 Å². The predicted molar refractivity (Wildman–Crippen MR) is 121 cm³/mol. The van der Waals surface area contributed by atoms with Crippen LogP contribution in [-0.2, 0) is 19.5 Å². The number of hydrogen-bond acceptors (Lipinski definition) is 3. The number of amides is 2. The van der Waals surface area contributed by atoms with Crippen LogP contribution in [0.1, 0.15) is 17.8 Å². The third-order valence-electron chi connectivity index (χ3n) is 6.27. The van der Waals surface area contributed by atoms with Gasteiger partial charge in [0.1, 0.15) is 10.4 Å². The maximum absolute atomic E-state index is 12.8. The number of imidazole rings is 1. The molecular formula is C23H26BrN5O. The lowest BCUT2D eigenvalue weighted by atomic mass is 10.0. The van der Waals surface area contributed by atoms with Crippen molar-refractivity contribution in [2.45, 2.75) is 32.0 Å². The second-order valence-electron chi connectivity index (χ2n) is 8.19. The Morgan fingerprint density at radius 3 is 2.77 bits per heavy atom. The van der Waals surface area contributed by atoms with Gasteiger partial charge in [0.25, 0.3) is 0 Å². The summed E-state index contributed by atoms with van der Waals surface area (Å²) in [5.41, 5.74) is 1.36. The van der Waals surface area contributed by atoms with Crippen molar-refractivity contribution in [3.63, 3.8) is 0 Å². The van der Waals surface area contributed by atoms with E-state index < -0.39 is 0 Å². The van der Waals surface area contributed by atoms with Crippen LogP contribution in [0.25, 0.3) is 10.8 Å². The fraction of sp³-hybridized carbons (Fsp3) is 0.391. The van der Waals surface area contributed by atoms with E-state index in [0.29, 0.717) is 0 Å². The molecule has 0 radical (unpaired) electrons. The topological polar surface area (TPSA) is 53.4 Å². The highest BCUT2D eigenvalue weighted by atomic mass is 79.9. The van der Waals surface area contributed by atoms with Crippen LogP contribution in [0.2, 0.25) is 0 Å². The summed E-state index contributed by atoms with van der Waals surface area (Å²) in [6, 6.07) is 15.3. The summed E-state index contributed by atoms with van der Waals surface area (Å²) in [5, 5.41) is 5.84. The van der Waals surface area contributed by atoms with Gasteiger partial charge in [-0.25, -0.2) is 9.78 Å². The molecule has 6 nitrogen and oxygen atoms in total. The molecule has 0 bridgehead atoms. The molecule has 1 saturated heterocycles. The summed E-state index contributed by atoms with van der Waals surface area (Å²) < 4.78 is 3.13. The van der Waals surface area contributed by atoms with Gasteiger partial charge < -0.3 is 14.8 Å². The maximum atomic E-state index is 12.8. The lowest BCUT2D eigenvalue weighted by Gasteiger charge is -2.36. The second-order valence-corrected chi connectivity index (χ2v) is 9.01. The summed E-state index contributed by atoms with van der Waals surface area (Å²) in [6.45, 7) is 5.04. The molecule has 5 rings (SSSR count). The van der Waals surface area contributed by atoms with E-state index in [4.69, 9.17) is 0 Å². The first kappa shape index (κ1) is 19.6. The van der Waals surface area contributed by atoms with E-state index in [1.807, 2.05) is 11.1 Å². The van der Waals surface area contributed by atoms with E-state index in [0.717, 1.165) is 62.5 Å². The number of piperazine rings is 1. The Balaban J connectivity index is 1.15. The summed E-state index contributed by atoms with van der Waals surface area (Å²) in [5.74, 6) is 1.09. The average molecular weight is 468 g/mol. The molecule has 0 spiro atoms. The van der Waals surface area contributed by atoms with Crippen molar-refractivity contribution in [1.29, 1.82) is 0 Å².